The van der Waals surface area contributed by atoms with Crippen LogP contribution in [0.25, 0.3) is 0 Å². The zero-order valence-electron chi connectivity index (χ0n) is 18.6. The normalized spacial score (nSPS) is 13.0. The van der Waals surface area contributed by atoms with Gasteiger partial charge in [0.15, 0.2) is 5.82 Å². The SMILES string of the molecule is CCc1ccc(OCCc2cnc3c(c2)C(=O)N(C)c2cccnc2N3CC)c(C)c1. The molecule has 6 nitrogen and oxygen atoms in total. The van der Waals surface area contributed by atoms with E-state index < -0.39 is 0 Å². The van der Waals surface area contributed by atoms with Crippen LogP contribution < -0.4 is 14.5 Å². The number of benzene rings is 1. The Morgan fingerprint density at radius 3 is 2.61 bits per heavy atom. The van der Waals surface area contributed by atoms with Gasteiger partial charge in [-0.05, 0) is 61.2 Å². The van der Waals surface area contributed by atoms with Crippen molar-refractivity contribution in [3.05, 3.63) is 71.0 Å². The largest absolute Gasteiger partial charge is 0.493 e. The van der Waals surface area contributed by atoms with E-state index in [0.717, 1.165) is 34.8 Å². The van der Waals surface area contributed by atoms with Crippen LogP contribution in [0.3, 0.4) is 0 Å². The van der Waals surface area contributed by atoms with E-state index in [9.17, 15) is 4.79 Å². The minimum absolute atomic E-state index is 0.0820. The van der Waals surface area contributed by atoms with Crippen molar-refractivity contribution < 1.29 is 9.53 Å². The molecule has 0 aliphatic carbocycles. The first-order chi connectivity index (χ1) is 15.0. The van der Waals surface area contributed by atoms with Crippen LogP contribution in [-0.2, 0) is 12.8 Å². The van der Waals surface area contributed by atoms with Crippen molar-refractivity contribution in [2.24, 2.45) is 0 Å². The fraction of sp³-hybridized carbons (Fsp3) is 0.320. The molecule has 4 rings (SSSR count). The molecule has 0 unspecified atom stereocenters. The smallest absolute Gasteiger partial charge is 0.261 e. The molecule has 1 aliphatic heterocycles. The van der Waals surface area contributed by atoms with Crippen LogP contribution >= 0.6 is 0 Å². The summed E-state index contributed by atoms with van der Waals surface area (Å²) in [5.41, 5.74) is 4.78. The molecule has 0 N–H and O–H groups in total. The molecule has 1 aliphatic rings. The number of ether oxygens (including phenoxy) is 1. The summed E-state index contributed by atoms with van der Waals surface area (Å²) in [5, 5.41) is 0. The molecule has 0 fully saturated rings. The maximum Gasteiger partial charge on any atom is 0.261 e. The predicted molar refractivity (Wildman–Crippen MR) is 124 cm³/mol. The molecule has 3 heterocycles. The molecular formula is C25H28N4O2. The fourth-order valence-electron chi connectivity index (χ4n) is 3.93. The number of carbonyl (C=O) groups is 1. The third-order valence-corrected chi connectivity index (χ3v) is 5.71. The van der Waals surface area contributed by atoms with E-state index >= 15 is 0 Å². The van der Waals surface area contributed by atoms with Gasteiger partial charge < -0.3 is 14.5 Å². The van der Waals surface area contributed by atoms with Gasteiger partial charge in [0.2, 0.25) is 0 Å². The zero-order valence-corrected chi connectivity index (χ0v) is 18.6. The summed E-state index contributed by atoms with van der Waals surface area (Å²) >= 11 is 0. The molecule has 0 saturated carbocycles. The van der Waals surface area contributed by atoms with Crippen LogP contribution in [0.4, 0.5) is 17.3 Å². The van der Waals surface area contributed by atoms with Crippen molar-refractivity contribution in [2.75, 3.05) is 30.0 Å². The maximum atomic E-state index is 13.2. The standard InChI is InChI=1S/C25H28N4O2/c1-5-18-9-10-22(17(3)14-18)31-13-11-19-15-20-23(27-16-19)29(6-2)24-21(8-7-12-26-24)28(4)25(20)30/h7-10,12,14-16H,5-6,11,13H2,1-4H3. The minimum Gasteiger partial charge on any atom is -0.493 e. The number of pyridine rings is 2. The molecule has 0 radical (unpaired) electrons. The quantitative estimate of drug-likeness (QED) is 0.582. The van der Waals surface area contributed by atoms with Crippen molar-refractivity contribution in [1.82, 2.24) is 9.97 Å². The van der Waals surface area contributed by atoms with Crippen molar-refractivity contribution in [3.8, 4) is 5.75 Å². The Morgan fingerprint density at radius 2 is 1.87 bits per heavy atom. The average Bonchev–Trinajstić information content (AvgIpc) is 2.88. The Balaban J connectivity index is 1.56. The Labute approximate surface area is 183 Å². The average molecular weight is 417 g/mol. The van der Waals surface area contributed by atoms with E-state index in [-0.39, 0.29) is 5.91 Å². The van der Waals surface area contributed by atoms with E-state index in [1.54, 1.807) is 18.1 Å². The van der Waals surface area contributed by atoms with Gasteiger partial charge in [-0.25, -0.2) is 9.97 Å². The minimum atomic E-state index is -0.0820. The lowest BCUT2D eigenvalue weighted by atomic mass is 10.1. The topological polar surface area (TPSA) is 58.6 Å². The Hall–Kier alpha value is -3.41. The summed E-state index contributed by atoms with van der Waals surface area (Å²) < 4.78 is 6.01. The van der Waals surface area contributed by atoms with Crippen LogP contribution in [0.15, 0.2) is 48.8 Å². The molecule has 6 heteroatoms. The number of hydrogen-bond acceptors (Lipinski definition) is 5. The van der Waals surface area contributed by atoms with Crippen LogP contribution in [0.1, 0.15) is 40.9 Å². The van der Waals surface area contributed by atoms with Crippen molar-refractivity contribution in [2.45, 2.75) is 33.6 Å². The summed E-state index contributed by atoms with van der Waals surface area (Å²) in [6, 6.07) is 12.0. The van der Waals surface area contributed by atoms with Gasteiger partial charge in [-0.1, -0.05) is 19.1 Å². The van der Waals surface area contributed by atoms with Gasteiger partial charge in [-0.2, -0.15) is 0 Å². The van der Waals surface area contributed by atoms with Gasteiger partial charge in [0.1, 0.15) is 11.6 Å². The van der Waals surface area contributed by atoms with E-state index in [1.165, 1.54) is 5.56 Å². The molecule has 0 spiro atoms. The van der Waals surface area contributed by atoms with Crippen LogP contribution in [0.5, 0.6) is 5.75 Å². The highest BCUT2D eigenvalue weighted by Gasteiger charge is 2.30. The summed E-state index contributed by atoms with van der Waals surface area (Å²) in [5.74, 6) is 2.21. The van der Waals surface area contributed by atoms with Gasteiger partial charge in [-0.3, -0.25) is 4.79 Å². The molecular weight excluding hydrogens is 388 g/mol. The second-order valence-corrected chi connectivity index (χ2v) is 7.72. The van der Waals surface area contributed by atoms with Crippen molar-refractivity contribution >= 4 is 23.2 Å². The third kappa shape index (κ3) is 3.98. The lowest BCUT2D eigenvalue weighted by molar-refractivity contribution is 0.0994. The van der Waals surface area contributed by atoms with Gasteiger partial charge in [0, 0.05) is 32.4 Å². The van der Waals surface area contributed by atoms with E-state index in [0.29, 0.717) is 31.0 Å². The molecule has 3 aromatic rings. The monoisotopic (exact) mass is 416 g/mol. The summed E-state index contributed by atoms with van der Waals surface area (Å²) in [4.78, 5) is 26.0. The van der Waals surface area contributed by atoms with Crippen LogP contribution in [-0.4, -0.2) is 36.1 Å². The van der Waals surface area contributed by atoms with Crippen LogP contribution in [0, 0.1) is 6.92 Å². The number of hydrogen-bond donors (Lipinski definition) is 0. The van der Waals surface area contributed by atoms with Gasteiger partial charge in [-0.15, -0.1) is 0 Å². The van der Waals surface area contributed by atoms with E-state index in [1.807, 2.05) is 42.3 Å². The lowest BCUT2D eigenvalue weighted by Crippen LogP contribution is -2.25. The predicted octanol–water partition coefficient (Wildman–Crippen LogP) is 4.72. The summed E-state index contributed by atoms with van der Waals surface area (Å²) in [6.45, 7) is 7.44. The Morgan fingerprint density at radius 1 is 1.03 bits per heavy atom. The molecule has 31 heavy (non-hydrogen) atoms. The number of fused-ring (bicyclic) bond motifs is 2. The van der Waals surface area contributed by atoms with Crippen LogP contribution in [0.2, 0.25) is 0 Å². The van der Waals surface area contributed by atoms with Crippen molar-refractivity contribution in [1.29, 1.82) is 0 Å². The molecule has 160 valence electrons. The second-order valence-electron chi connectivity index (χ2n) is 7.72. The first-order valence-corrected chi connectivity index (χ1v) is 10.7. The number of carbonyl (C=O) groups excluding carboxylic acids is 1. The highest BCUT2D eigenvalue weighted by Crippen LogP contribution is 2.37. The van der Waals surface area contributed by atoms with Gasteiger partial charge in [0.05, 0.1) is 17.9 Å². The molecule has 1 amide bonds. The molecule has 0 saturated heterocycles. The number of anilines is 3. The third-order valence-electron chi connectivity index (χ3n) is 5.71. The molecule has 2 aromatic heterocycles. The first kappa shape index (κ1) is 20.8. The highest BCUT2D eigenvalue weighted by molar-refractivity contribution is 6.12. The zero-order chi connectivity index (χ0) is 22.0. The number of amides is 1. The molecule has 0 atom stereocenters. The highest BCUT2D eigenvalue weighted by atomic mass is 16.5. The molecule has 0 bridgehead atoms. The van der Waals surface area contributed by atoms with E-state index in [2.05, 4.69) is 35.9 Å². The lowest BCUT2D eigenvalue weighted by Gasteiger charge is -2.22. The van der Waals surface area contributed by atoms with E-state index in [4.69, 9.17) is 4.74 Å². The Bertz CT molecular complexity index is 1110. The first-order valence-electron chi connectivity index (χ1n) is 10.7. The summed E-state index contributed by atoms with van der Waals surface area (Å²) in [7, 11) is 1.78. The van der Waals surface area contributed by atoms with Crippen molar-refractivity contribution in [3.63, 3.8) is 0 Å². The number of aryl methyl sites for hydroxylation is 2. The number of rotatable bonds is 6. The number of nitrogens with zero attached hydrogens (tertiary/aromatic N) is 4. The Kier molecular flexibility index (Phi) is 5.89. The fourth-order valence-corrected chi connectivity index (χ4v) is 3.93. The second kappa shape index (κ2) is 8.76. The molecule has 1 aromatic carbocycles. The summed E-state index contributed by atoms with van der Waals surface area (Å²) in [6.07, 6.45) is 5.26. The number of aromatic nitrogens is 2. The maximum absolute atomic E-state index is 13.2. The van der Waals surface area contributed by atoms with Gasteiger partial charge >= 0.3 is 0 Å². The van der Waals surface area contributed by atoms with Gasteiger partial charge in [0.25, 0.3) is 5.91 Å².